The molecule has 0 aliphatic heterocycles. The van der Waals surface area contributed by atoms with Gasteiger partial charge in [-0.2, -0.15) is 26.3 Å². The van der Waals surface area contributed by atoms with Crippen LogP contribution in [0.5, 0.6) is 0 Å². The summed E-state index contributed by atoms with van der Waals surface area (Å²) >= 11 is 0. The van der Waals surface area contributed by atoms with Crippen LogP contribution in [0.1, 0.15) is 36.5 Å². The van der Waals surface area contributed by atoms with Crippen molar-refractivity contribution in [3.05, 3.63) is 71.3 Å². The van der Waals surface area contributed by atoms with Crippen LogP contribution in [0.2, 0.25) is 0 Å². The molecule has 2 aromatic carbocycles. The third-order valence-electron chi connectivity index (χ3n) is 4.04. The van der Waals surface area contributed by atoms with E-state index in [2.05, 4.69) is 0 Å². The van der Waals surface area contributed by atoms with Crippen molar-refractivity contribution in [2.24, 2.45) is 0 Å². The van der Waals surface area contributed by atoms with Gasteiger partial charge in [-0.1, -0.05) is 68.4 Å². The van der Waals surface area contributed by atoms with Crippen LogP contribution in [0.15, 0.2) is 54.6 Å². The van der Waals surface area contributed by atoms with E-state index in [4.69, 9.17) is 0 Å². The summed E-state index contributed by atoms with van der Waals surface area (Å²) in [5, 5.41) is 0. The lowest BCUT2D eigenvalue weighted by molar-refractivity contribution is -0.288. The molecule has 0 heterocycles. The van der Waals surface area contributed by atoms with Crippen molar-refractivity contribution in [3.63, 3.8) is 0 Å². The van der Waals surface area contributed by atoms with Crippen molar-refractivity contribution in [1.82, 2.24) is 0 Å². The molecule has 0 fully saturated rings. The average Bonchev–Trinajstić information content (AvgIpc) is 2.46. The van der Waals surface area contributed by atoms with Gasteiger partial charge in [0.1, 0.15) is 0 Å². The molecule has 6 heteroatoms. The molecular weight excluding hydrogens is 330 g/mol. The van der Waals surface area contributed by atoms with Crippen LogP contribution in [0.25, 0.3) is 0 Å². The summed E-state index contributed by atoms with van der Waals surface area (Å²) < 4.78 is 83.1. The Morgan fingerprint density at radius 2 is 1.17 bits per heavy atom. The molecule has 2 aromatic rings. The molecule has 0 saturated carbocycles. The first kappa shape index (κ1) is 18.4. The van der Waals surface area contributed by atoms with Crippen LogP contribution in [0, 0.1) is 0 Å². The Bertz CT molecular complexity index is 669. The van der Waals surface area contributed by atoms with E-state index in [1.54, 1.807) is 13.8 Å². The molecule has 0 N–H and O–H groups in total. The first-order valence-electron chi connectivity index (χ1n) is 7.31. The lowest BCUT2D eigenvalue weighted by Gasteiger charge is -2.38. The molecule has 0 nitrogen and oxygen atoms in total. The zero-order chi connectivity index (χ0) is 18.2. The first-order valence-corrected chi connectivity index (χ1v) is 7.31. The van der Waals surface area contributed by atoms with Crippen LogP contribution < -0.4 is 0 Å². The highest BCUT2D eigenvalue weighted by Crippen LogP contribution is 2.56. The molecule has 24 heavy (non-hydrogen) atoms. The zero-order valence-corrected chi connectivity index (χ0v) is 13.0. The quantitative estimate of drug-likeness (QED) is 0.579. The van der Waals surface area contributed by atoms with Crippen LogP contribution in [-0.4, -0.2) is 12.4 Å². The average molecular weight is 346 g/mol. The molecule has 0 aliphatic rings. The van der Waals surface area contributed by atoms with Gasteiger partial charge in [0.05, 0.1) is 0 Å². The van der Waals surface area contributed by atoms with E-state index in [9.17, 15) is 26.3 Å². The Morgan fingerprint density at radius 3 is 1.62 bits per heavy atom. The molecule has 0 spiro atoms. The molecular formula is C18H16F6. The van der Waals surface area contributed by atoms with Gasteiger partial charge in [-0.25, -0.2) is 0 Å². The van der Waals surface area contributed by atoms with Crippen LogP contribution in [-0.2, 0) is 5.41 Å². The second kappa shape index (κ2) is 6.15. The summed E-state index contributed by atoms with van der Waals surface area (Å²) in [5.74, 6) is -0.195. The third-order valence-corrected chi connectivity index (χ3v) is 4.04. The van der Waals surface area contributed by atoms with Crippen molar-refractivity contribution in [1.29, 1.82) is 0 Å². The minimum absolute atomic E-state index is 0.195. The van der Waals surface area contributed by atoms with Crippen LogP contribution in [0.3, 0.4) is 0 Å². The van der Waals surface area contributed by atoms with E-state index in [-0.39, 0.29) is 5.92 Å². The van der Waals surface area contributed by atoms with Crippen LogP contribution in [0.4, 0.5) is 26.3 Å². The van der Waals surface area contributed by atoms with Crippen molar-refractivity contribution in [2.45, 2.75) is 37.5 Å². The number of hydrogen-bond acceptors (Lipinski definition) is 0. The van der Waals surface area contributed by atoms with Gasteiger partial charge in [0.2, 0.25) is 5.41 Å². The fourth-order valence-corrected chi connectivity index (χ4v) is 2.80. The smallest absolute Gasteiger partial charge is 0.169 e. The van der Waals surface area contributed by atoms with Crippen molar-refractivity contribution in [2.75, 3.05) is 0 Å². The summed E-state index contributed by atoms with van der Waals surface area (Å²) in [6.45, 7) is 3.43. The maximum Gasteiger partial charge on any atom is 0.411 e. The summed E-state index contributed by atoms with van der Waals surface area (Å²) in [7, 11) is 0. The van der Waals surface area contributed by atoms with Crippen molar-refractivity contribution < 1.29 is 26.3 Å². The summed E-state index contributed by atoms with van der Waals surface area (Å²) in [6, 6.07) is 10.1. The van der Waals surface area contributed by atoms with E-state index < -0.39 is 28.9 Å². The lowest BCUT2D eigenvalue weighted by atomic mass is 9.72. The molecule has 2 rings (SSSR count). The van der Waals surface area contributed by atoms with Gasteiger partial charge in [-0.15, -0.1) is 0 Å². The Hall–Kier alpha value is -1.98. The lowest BCUT2D eigenvalue weighted by Crippen LogP contribution is -2.54. The van der Waals surface area contributed by atoms with Gasteiger partial charge in [0, 0.05) is 0 Å². The fraction of sp³-hybridized carbons (Fsp3) is 0.333. The van der Waals surface area contributed by atoms with Gasteiger partial charge in [-0.05, 0) is 22.6 Å². The molecule has 0 bridgehead atoms. The highest BCUT2D eigenvalue weighted by atomic mass is 19.4. The Balaban J connectivity index is 2.88. The zero-order valence-electron chi connectivity index (χ0n) is 13.0. The molecule has 0 amide bonds. The number of rotatable bonds is 3. The summed E-state index contributed by atoms with van der Waals surface area (Å²) in [6.07, 6.45) is -11.1. The number of benzene rings is 2. The maximum absolute atomic E-state index is 13.9. The molecule has 130 valence electrons. The van der Waals surface area contributed by atoms with Crippen molar-refractivity contribution >= 4 is 0 Å². The van der Waals surface area contributed by atoms with Gasteiger partial charge in [0.25, 0.3) is 0 Å². The Labute approximate surface area is 136 Å². The molecule has 0 aromatic heterocycles. The van der Waals surface area contributed by atoms with E-state index >= 15 is 0 Å². The number of hydrogen-bond donors (Lipinski definition) is 0. The van der Waals surface area contributed by atoms with E-state index in [1.165, 1.54) is 30.3 Å². The second-order valence-electron chi connectivity index (χ2n) is 5.89. The van der Waals surface area contributed by atoms with E-state index in [0.717, 1.165) is 24.3 Å². The largest absolute Gasteiger partial charge is 0.411 e. The minimum atomic E-state index is -5.54. The van der Waals surface area contributed by atoms with E-state index in [0.29, 0.717) is 5.56 Å². The second-order valence-corrected chi connectivity index (χ2v) is 5.89. The van der Waals surface area contributed by atoms with E-state index in [1.807, 2.05) is 0 Å². The molecule has 0 aliphatic carbocycles. The fourth-order valence-electron chi connectivity index (χ4n) is 2.80. The molecule has 0 radical (unpaired) electrons. The molecule has 0 saturated heterocycles. The highest BCUT2D eigenvalue weighted by molar-refractivity contribution is 5.45. The molecule has 0 unspecified atom stereocenters. The summed E-state index contributed by atoms with van der Waals surface area (Å²) in [4.78, 5) is 0. The highest BCUT2D eigenvalue weighted by Gasteiger charge is 2.72. The first-order chi connectivity index (χ1) is 11.0. The monoisotopic (exact) mass is 346 g/mol. The molecule has 0 atom stereocenters. The predicted octanol–water partition coefficient (Wildman–Crippen LogP) is 6.22. The Morgan fingerprint density at radius 1 is 0.667 bits per heavy atom. The maximum atomic E-state index is 13.9. The Kier molecular flexibility index (Phi) is 4.70. The number of halogens is 6. The minimum Gasteiger partial charge on any atom is -0.169 e. The topological polar surface area (TPSA) is 0 Å². The van der Waals surface area contributed by atoms with Gasteiger partial charge in [-0.3, -0.25) is 0 Å². The van der Waals surface area contributed by atoms with Gasteiger partial charge in [0.15, 0.2) is 0 Å². The normalized spacial score (nSPS) is 13.4. The van der Waals surface area contributed by atoms with Gasteiger partial charge < -0.3 is 0 Å². The SMILES string of the molecule is CC(C)c1cccc(C(c2ccccc2)(C(F)(F)F)C(F)(F)F)c1. The van der Waals surface area contributed by atoms with Crippen LogP contribution >= 0.6 is 0 Å². The third kappa shape index (κ3) is 2.89. The standard InChI is InChI=1S/C18H16F6/c1-12(2)13-7-6-10-15(11-13)16(17(19,20)21,18(22,23)24)14-8-4-3-5-9-14/h3-12H,1-2H3. The summed E-state index contributed by atoms with van der Waals surface area (Å²) in [5.41, 5.74) is -5.31. The number of alkyl halides is 6. The van der Waals surface area contributed by atoms with Crippen molar-refractivity contribution in [3.8, 4) is 0 Å². The van der Waals surface area contributed by atoms with Gasteiger partial charge >= 0.3 is 12.4 Å². The predicted molar refractivity (Wildman–Crippen MR) is 79.9 cm³/mol.